The third-order valence-corrected chi connectivity index (χ3v) is 6.24. The summed E-state index contributed by atoms with van der Waals surface area (Å²) in [5.41, 5.74) is 10.7. The number of ether oxygens (including phenoxy) is 1. The maximum Gasteiger partial charge on any atom is 0.266 e. The molecule has 2 amide bonds. The van der Waals surface area contributed by atoms with Crippen LogP contribution in [-0.4, -0.2) is 46.0 Å². The van der Waals surface area contributed by atoms with Crippen molar-refractivity contribution in [2.75, 3.05) is 13.1 Å². The van der Waals surface area contributed by atoms with Crippen LogP contribution in [-0.2, 0) is 21.6 Å². The van der Waals surface area contributed by atoms with Crippen LogP contribution in [0.3, 0.4) is 0 Å². The van der Waals surface area contributed by atoms with Crippen molar-refractivity contribution in [2.45, 2.75) is 58.6 Å². The Hall–Kier alpha value is -2.97. The van der Waals surface area contributed by atoms with E-state index < -0.39 is 17.4 Å². The average molecular weight is 455 g/mol. The Kier molecular flexibility index (Phi) is 7.71. The Bertz CT molecular complexity index is 972. The number of nitrogens with zero attached hydrogens (tertiary/aromatic N) is 2. The van der Waals surface area contributed by atoms with E-state index >= 15 is 0 Å². The van der Waals surface area contributed by atoms with Crippen molar-refractivity contribution < 1.29 is 19.5 Å². The van der Waals surface area contributed by atoms with Crippen LogP contribution in [0, 0.1) is 19.8 Å². The molecule has 0 radical (unpaired) electrons. The topological polar surface area (TPSA) is 118 Å². The van der Waals surface area contributed by atoms with Gasteiger partial charge in [0, 0.05) is 24.5 Å². The Morgan fingerprint density at radius 1 is 1.24 bits per heavy atom. The number of hydrogen-bond donors (Lipinski definition) is 3. The van der Waals surface area contributed by atoms with Gasteiger partial charge >= 0.3 is 0 Å². The Labute approximate surface area is 195 Å². The predicted molar refractivity (Wildman–Crippen MR) is 125 cm³/mol. The van der Waals surface area contributed by atoms with E-state index in [1.165, 1.54) is 0 Å². The van der Waals surface area contributed by atoms with Gasteiger partial charge in [-0.05, 0) is 68.0 Å². The molecular formula is C25H34N4O4. The number of pyridine rings is 1. The van der Waals surface area contributed by atoms with E-state index in [1.54, 1.807) is 10.4 Å². The third-order valence-electron chi connectivity index (χ3n) is 6.24. The molecule has 4 N–H and O–H groups in total. The first kappa shape index (κ1) is 24.7. The molecule has 8 heteroatoms. The van der Waals surface area contributed by atoms with E-state index in [-0.39, 0.29) is 18.4 Å². The standard InChI is InChI=1S/C25H34N4O4/c1-16(2)11-22(23(30)28-32)29-10-9-25(15-26,24(29)31)20-5-7-21(8-6-20)33-14-19-12-17(3)27-18(4)13-19/h5-8,12-13,16,22,32H,9-11,14-15,26H2,1-4H3,(H,28,30). The lowest BCUT2D eigenvalue weighted by atomic mass is 9.79. The second-order valence-electron chi connectivity index (χ2n) is 9.23. The fourth-order valence-electron chi connectivity index (χ4n) is 4.61. The Morgan fingerprint density at radius 2 is 1.88 bits per heavy atom. The largest absolute Gasteiger partial charge is 0.489 e. The fourth-order valence-corrected chi connectivity index (χ4v) is 4.61. The summed E-state index contributed by atoms with van der Waals surface area (Å²) in [7, 11) is 0. The van der Waals surface area contributed by atoms with Crippen molar-refractivity contribution >= 4 is 11.8 Å². The van der Waals surface area contributed by atoms with Crippen LogP contribution in [0.1, 0.15) is 49.2 Å². The third kappa shape index (κ3) is 5.34. The number of aryl methyl sites for hydroxylation is 2. The van der Waals surface area contributed by atoms with Crippen molar-refractivity contribution in [1.82, 2.24) is 15.4 Å². The lowest BCUT2D eigenvalue weighted by Crippen LogP contribution is -2.51. The highest BCUT2D eigenvalue weighted by atomic mass is 16.5. The number of aromatic nitrogens is 1. The molecule has 2 atom stereocenters. The summed E-state index contributed by atoms with van der Waals surface area (Å²) in [6.07, 6.45) is 0.963. The van der Waals surface area contributed by atoms with E-state index in [0.717, 1.165) is 22.5 Å². The zero-order valence-electron chi connectivity index (χ0n) is 19.8. The molecule has 1 saturated heterocycles. The minimum atomic E-state index is -0.900. The van der Waals surface area contributed by atoms with Crippen molar-refractivity contribution in [3.63, 3.8) is 0 Å². The van der Waals surface area contributed by atoms with E-state index in [2.05, 4.69) is 4.98 Å². The number of likely N-dealkylation sites (tertiary alicyclic amines) is 1. The van der Waals surface area contributed by atoms with Gasteiger partial charge in [0.15, 0.2) is 0 Å². The first-order valence-corrected chi connectivity index (χ1v) is 11.3. The number of nitrogens with two attached hydrogens (primary N) is 1. The number of benzene rings is 1. The monoisotopic (exact) mass is 454 g/mol. The molecule has 1 aliphatic heterocycles. The van der Waals surface area contributed by atoms with E-state index in [1.807, 2.05) is 64.1 Å². The van der Waals surface area contributed by atoms with Crippen molar-refractivity contribution in [2.24, 2.45) is 11.7 Å². The van der Waals surface area contributed by atoms with Gasteiger partial charge in [0.1, 0.15) is 18.4 Å². The maximum atomic E-state index is 13.5. The number of nitrogens with one attached hydrogen (secondary N) is 1. The molecule has 2 heterocycles. The van der Waals surface area contributed by atoms with Crippen LogP contribution in [0.2, 0.25) is 0 Å². The molecule has 2 unspecified atom stereocenters. The van der Waals surface area contributed by atoms with Gasteiger partial charge in [-0.15, -0.1) is 0 Å². The SMILES string of the molecule is Cc1cc(COc2ccc(C3(CN)CCN(C(CC(C)C)C(=O)NO)C3=O)cc2)cc(C)n1. The number of amides is 2. The van der Waals surface area contributed by atoms with E-state index in [0.29, 0.717) is 31.7 Å². The summed E-state index contributed by atoms with van der Waals surface area (Å²) in [6.45, 7) is 8.81. The number of rotatable bonds is 9. The summed E-state index contributed by atoms with van der Waals surface area (Å²) < 4.78 is 5.93. The molecule has 1 aromatic carbocycles. The molecule has 0 aliphatic carbocycles. The molecular weight excluding hydrogens is 420 g/mol. The van der Waals surface area contributed by atoms with Crippen LogP contribution in [0.25, 0.3) is 0 Å². The summed E-state index contributed by atoms with van der Waals surface area (Å²) >= 11 is 0. The second-order valence-corrected chi connectivity index (χ2v) is 9.23. The highest BCUT2D eigenvalue weighted by molar-refractivity contribution is 5.95. The summed E-state index contributed by atoms with van der Waals surface area (Å²) in [5.74, 6) is 0.112. The van der Waals surface area contributed by atoms with Gasteiger partial charge in [-0.1, -0.05) is 26.0 Å². The molecule has 0 bridgehead atoms. The second kappa shape index (κ2) is 10.3. The number of carbonyl (C=O) groups excluding carboxylic acids is 2. The van der Waals surface area contributed by atoms with Crippen LogP contribution in [0.5, 0.6) is 5.75 Å². The number of carbonyl (C=O) groups is 2. The minimum Gasteiger partial charge on any atom is -0.489 e. The fraction of sp³-hybridized carbons (Fsp3) is 0.480. The van der Waals surface area contributed by atoms with E-state index in [4.69, 9.17) is 10.5 Å². The predicted octanol–water partition coefficient (Wildman–Crippen LogP) is 2.63. The van der Waals surface area contributed by atoms with Gasteiger partial charge in [0.05, 0.1) is 5.41 Å². The maximum absolute atomic E-state index is 13.5. The highest BCUT2D eigenvalue weighted by Gasteiger charge is 2.50. The average Bonchev–Trinajstić information content (AvgIpc) is 3.12. The number of hydroxylamine groups is 1. The van der Waals surface area contributed by atoms with Crippen LogP contribution in [0.4, 0.5) is 0 Å². The molecule has 0 spiro atoms. The van der Waals surface area contributed by atoms with Crippen LogP contribution < -0.4 is 16.0 Å². The smallest absolute Gasteiger partial charge is 0.266 e. The van der Waals surface area contributed by atoms with Gasteiger partial charge in [0.25, 0.3) is 5.91 Å². The Balaban J connectivity index is 1.76. The zero-order chi connectivity index (χ0) is 24.2. The molecule has 33 heavy (non-hydrogen) atoms. The van der Waals surface area contributed by atoms with Gasteiger partial charge in [-0.3, -0.25) is 19.8 Å². The summed E-state index contributed by atoms with van der Waals surface area (Å²) in [4.78, 5) is 31.7. The lowest BCUT2D eigenvalue weighted by molar-refractivity contribution is -0.144. The van der Waals surface area contributed by atoms with Crippen LogP contribution in [0.15, 0.2) is 36.4 Å². The quantitative estimate of drug-likeness (QED) is 0.396. The molecule has 0 saturated carbocycles. The van der Waals surface area contributed by atoms with Gasteiger partial charge < -0.3 is 15.4 Å². The molecule has 178 valence electrons. The first-order chi connectivity index (χ1) is 15.7. The summed E-state index contributed by atoms with van der Waals surface area (Å²) in [6, 6.07) is 10.7. The van der Waals surface area contributed by atoms with Crippen molar-refractivity contribution in [1.29, 1.82) is 0 Å². The molecule has 1 aromatic heterocycles. The van der Waals surface area contributed by atoms with Gasteiger partial charge in [0.2, 0.25) is 5.91 Å². The highest BCUT2D eigenvalue weighted by Crippen LogP contribution is 2.37. The summed E-state index contributed by atoms with van der Waals surface area (Å²) in [5, 5.41) is 9.18. The molecule has 1 fully saturated rings. The molecule has 3 rings (SSSR count). The van der Waals surface area contributed by atoms with Crippen LogP contribution >= 0.6 is 0 Å². The minimum absolute atomic E-state index is 0.132. The molecule has 1 aliphatic rings. The van der Waals surface area contributed by atoms with Gasteiger partial charge in [-0.25, -0.2) is 5.48 Å². The first-order valence-electron chi connectivity index (χ1n) is 11.3. The molecule has 8 nitrogen and oxygen atoms in total. The number of hydrogen-bond acceptors (Lipinski definition) is 6. The van der Waals surface area contributed by atoms with Crippen molar-refractivity contribution in [3.8, 4) is 5.75 Å². The molecule has 2 aromatic rings. The lowest BCUT2D eigenvalue weighted by Gasteiger charge is -2.31. The zero-order valence-corrected chi connectivity index (χ0v) is 19.8. The normalized spacial score (nSPS) is 19.1. The van der Waals surface area contributed by atoms with E-state index in [9.17, 15) is 14.8 Å². The van der Waals surface area contributed by atoms with Gasteiger partial charge in [-0.2, -0.15) is 0 Å². The Morgan fingerprint density at radius 3 is 2.42 bits per heavy atom. The van der Waals surface area contributed by atoms with Crippen molar-refractivity contribution in [3.05, 3.63) is 58.9 Å².